The van der Waals surface area contributed by atoms with Gasteiger partial charge in [-0.2, -0.15) is 0 Å². The molecular formula is C13H13Br2NO4. The van der Waals surface area contributed by atoms with Gasteiger partial charge in [0.2, 0.25) is 0 Å². The molecule has 1 aromatic rings. The number of hydrogen-bond donors (Lipinski definition) is 0. The number of carbonyl (C=O) groups excluding carboxylic acids is 2. The van der Waals surface area contributed by atoms with Crippen molar-refractivity contribution in [1.29, 1.82) is 0 Å². The highest BCUT2D eigenvalue weighted by Crippen LogP contribution is 2.48. The standard InChI is InChI=1S/C13H13Br2NO4/c1-13(2)12(18)16(3)9-8(15)6(11(17)19-4)5-7(14)10(9)20-13/h5H,1-4H3. The van der Waals surface area contributed by atoms with Gasteiger partial charge in [-0.25, -0.2) is 4.79 Å². The summed E-state index contributed by atoms with van der Waals surface area (Å²) in [7, 11) is 2.94. The fourth-order valence-corrected chi connectivity index (χ4v) is 3.28. The number of likely N-dealkylation sites (N-methyl/N-ethyl adjacent to an activating group) is 1. The molecule has 0 aromatic heterocycles. The van der Waals surface area contributed by atoms with E-state index in [4.69, 9.17) is 9.47 Å². The summed E-state index contributed by atoms with van der Waals surface area (Å²) in [5.41, 5.74) is -0.138. The number of benzene rings is 1. The smallest absolute Gasteiger partial charge is 0.339 e. The van der Waals surface area contributed by atoms with Crippen LogP contribution in [0.15, 0.2) is 15.0 Å². The van der Waals surface area contributed by atoms with Gasteiger partial charge in [0, 0.05) is 7.05 Å². The SMILES string of the molecule is COC(=O)c1cc(Br)c2c(c1Br)N(C)C(=O)C(C)(C)O2. The Labute approximate surface area is 133 Å². The van der Waals surface area contributed by atoms with Crippen molar-refractivity contribution < 1.29 is 19.1 Å². The van der Waals surface area contributed by atoms with E-state index in [1.807, 2.05) is 0 Å². The maximum absolute atomic E-state index is 12.3. The third-order valence-electron chi connectivity index (χ3n) is 3.07. The zero-order valence-corrected chi connectivity index (χ0v) is 14.6. The molecule has 0 atom stereocenters. The average molecular weight is 407 g/mol. The van der Waals surface area contributed by atoms with Gasteiger partial charge in [-0.15, -0.1) is 0 Å². The number of hydrogen-bond acceptors (Lipinski definition) is 4. The van der Waals surface area contributed by atoms with E-state index in [0.29, 0.717) is 25.9 Å². The predicted molar refractivity (Wildman–Crippen MR) is 81.3 cm³/mol. The van der Waals surface area contributed by atoms with E-state index in [0.717, 1.165) is 0 Å². The van der Waals surface area contributed by atoms with Crippen molar-refractivity contribution in [3.8, 4) is 5.75 Å². The topological polar surface area (TPSA) is 55.8 Å². The molecule has 1 aliphatic heterocycles. The lowest BCUT2D eigenvalue weighted by molar-refractivity contribution is -0.132. The summed E-state index contributed by atoms with van der Waals surface area (Å²) in [6.07, 6.45) is 0. The Hall–Kier alpha value is -1.08. The summed E-state index contributed by atoms with van der Waals surface area (Å²) < 4.78 is 11.5. The van der Waals surface area contributed by atoms with Crippen molar-refractivity contribution >= 4 is 49.4 Å². The molecule has 20 heavy (non-hydrogen) atoms. The summed E-state index contributed by atoms with van der Waals surface area (Å²) in [6, 6.07) is 1.61. The first-order chi connectivity index (χ1) is 9.20. The number of nitrogens with zero attached hydrogens (tertiary/aromatic N) is 1. The first kappa shape index (κ1) is 15.3. The molecule has 1 aliphatic rings. The van der Waals surface area contributed by atoms with Crippen molar-refractivity contribution in [1.82, 2.24) is 0 Å². The van der Waals surface area contributed by atoms with Crippen LogP contribution in [0.25, 0.3) is 0 Å². The molecule has 1 aromatic carbocycles. The quantitative estimate of drug-likeness (QED) is 0.672. The molecule has 0 saturated heterocycles. The second-order valence-corrected chi connectivity index (χ2v) is 6.51. The van der Waals surface area contributed by atoms with E-state index >= 15 is 0 Å². The van der Waals surface area contributed by atoms with Crippen LogP contribution in [0.3, 0.4) is 0 Å². The average Bonchev–Trinajstić information content (AvgIpc) is 2.38. The number of methoxy groups -OCH3 is 1. The second-order valence-electron chi connectivity index (χ2n) is 4.87. The van der Waals surface area contributed by atoms with Gasteiger partial charge in [0.1, 0.15) is 5.69 Å². The minimum atomic E-state index is -0.962. The van der Waals surface area contributed by atoms with Crippen molar-refractivity contribution in [3.63, 3.8) is 0 Å². The molecule has 1 heterocycles. The Morgan fingerprint density at radius 1 is 1.40 bits per heavy atom. The normalized spacial score (nSPS) is 16.5. The Balaban J connectivity index is 2.72. The maximum atomic E-state index is 12.3. The third kappa shape index (κ3) is 2.22. The Kier molecular flexibility index (Phi) is 3.85. The van der Waals surface area contributed by atoms with E-state index in [1.165, 1.54) is 12.0 Å². The molecule has 0 unspecified atom stereocenters. The molecule has 5 nitrogen and oxygen atoms in total. The first-order valence-corrected chi connectivity index (χ1v) is 7.36. The van der Waals surface area contributed by atoms with Gasteiger partial charge in [-0.1, -0.05) is 0 Å². The van der Waals surface area contributed by atoms with Gasteiger partial charge in [0.15, 0.2) is 11.4 Å². The van der Waals surface area contributed by atoms with Crippen LogP contribution in [0, 0.1) is 0 Å². The number of halogens is 2. The fourth-order valence-electron chi connectivity index (χ4n) is 2.06. The van der Waals surface area contributed by atoms with E-state index < -0.39 is 11.6 Å². The van der Waals surface area contributed by atoms with Gasteiger partial charge in [0.25, 0.3) is 5.91 Å². The summed E-state index contributed by atoms with van der Waals surface area (Å²) in [5, 5.41) is 0. The molecule has 2 rings (SSSR count). The molecule has 0 aliphatic carbocycles. The van der Waals surface area contributed by atoms with Crippen LogP contribution in [-0.2, 0) is 9.53 Å². The number of fused-ring (bicyclic) bond motifs is 1. The lowest BCUT2D eigenvalue weighted by atomic mass is 10.0. The zero-order chi connectivity index (χ0) is 15.2. The van der Waals surface area contributed by atoms with Crippen LogP contribution in [0.1, 0.15) is 24.2 Å². The van der Waals surface area contributed by atoms with Gasteiger partial charge in [-0.3, -0.25) is 4.79 Å². The van der Waals surface area contributed by atoms with E-state index in [1.54, 1.807) is 27.0 Å². The number of carbonyl (C=O) groups is 2. The fraction of sp³-hybridized carbons (Fsp3) is 0.385. The summed E-state index contributed by atoms with van der Waals surface area (Å²) in [4.78, 5) is 25.5. The van der Waals surface area contributed by atoms with Crippen molar-refractivity contribution in [2.45, 2.75) is 19.4 Å². The summed E-state index contributed by atoms with van der Waals surface area (Å²) in [6.45, 7) is 3.40. The van der Waals surface area contributed by atoms with Gasteiger partial charge in [-0.05, 0) is 51.8 Å². The highest BCUT2D eigenvalue weighted by atomic mass is 79.9. The predicted octanol–water partition coefficient (Wildman–Crippen LogP) is 3.13. The largest absolute Gasteiger partial charge is 0.475 e. The van der Waals surface area contributed by atoms with Crippen LogP contribution in [0.5, 0.6) is 5.75 Å². The van der Waals surface area contributed by atoms with Crippen LogP contribution < -0.4 is 9.64 Å². The number of ether oxygens (including phenoxy) is 2. The van der Waals surface area contributed by atoms with Crippen molar-refractivity contribution in [3.05, 3.63) is 20.6 Å². The minimum Gasteiger partial charge on any atom is -0.475 e. The molecule has 1 amide bonds. The van der Waals surface area contributed by atoms with E-state index in [2.05, 4.69) is 31.9 Å². The number of anilines is 1. The molecule has 7 heteroatoms. The number of amides is 1. The summed E-state index contributed by atoms with van der Waals surface area (Å²) in [5.74, 6) is -0.178. The lowest BCUT2D eigenvalue weighted by Gasteiger charge is -2.38. The molecule has 108 valence electrons. The lowest BCUT2D eigenvalue weighted by Crippen LogP contribution is -2.51. The zero-order valence-electron chi connectivity index (χ0n) is 11.4. The highest BCUT2D eigenvalue weighted by molar-refractivity contribution is 9.11. The Morgan fingerprint density at radius 3 is 2.55 bits per heavy atom. The third-order valence-corrected chi connectivity index (χ3v) is 4.46. The maximum Gasteiger partial charge on any atom is 0.339 e. The number of esters is 1. The second kappa shape index (κ2) is 5.04. The van der Waals surface area contributed by atoms with E-state index in [-0.39, 0.29) is 5.91 Å². The van der Waals surface area contributed by atoms with E-state index in [9.17, 15) is 9.59 Å². The monoisotopic (exact) mass is 405 g/mol. The van der Waals surface area contributed by atoms with Crippen LogP contribution >= 0.6 is 31.9 Å². The van der Waals surface area contributed by atoms with Crippen LogP contribution in [0.2, 0.25) is 0 Å². The Morgan fingerprint density at radius 2 is 2.00 bits per heavy atom. The van der Waals surface area contributed by atoms with Crippen molar-refractivity contribution in [2.24, 2.45) is 0 Å². The van der Waals surface area contributed by atoms with Gasteiger partial charge < -0.3 is 14.4 Å². The highest BCUT2D eigenvalue weighted by Gasteiger charge is 2.42. The van der Waals surface area contributed by atoms with Crippen LogP contribution in [-0.4, -0.2) is 31.6 Å². The minimum absolute atomic E-state index is 0.195. The molecule has 0 N–H and O–H groups in total. The van der Waals surface area contributed by atoms with Gasteiger partial charge in [0.05, 0.1) is 21.6 Å². The molecular weight excluding hydrogens is 394 g/mol. The van der Waals surface area contributed by atoms with Crippen molar-refractivity contribution in [2.75, 3.05) is 19.1 Å². The molecule has 0 bridgehead atoms. The van der Waals surface area contributed by atoms with Gasteiger partial charge >= 0.3 is 5.97 Å². The molecule has 0 fully saturated rings. The number of rotatable bonds is 1. The molecule has 0 saturated carbocycles. The Bertz CT molecular complexity index is 613. The molecule has 0 spiro atoms. The molecule has 0 radical (unpaired) electrons. The first-order valence-electron chi connectivity index (χ1n) is 5.78. The van der Waals surface area contributed by atoms with Crippen LogP contribution in [0.4, 0.5) is 5.69 Å². The summed E-state index contributed by atoms with van der Waals surface area (Å²) >= 11 is 6.72.